The highest BCUT2D eigenvalue weighted by molar-refractivity contribution is 7.53. The van der Waals surface area contributed by atoms with Crippen LogP contribution in [-0.4, -0.2) is 119 Å². The Morgan fingerprint density at radius 3 is 2.13 bits per heavy atom. The molecule has 22 nitrogen and oxygen atoms in total. The van der Waals surface area contributed by atoms with Crippen molar-refractivity contribution in [2.24, 2.45) is 5.73 Å². The van der Waals surface area contributed by atoms with Crippen molar-refractivity contribution < 1.29 is 46.9 Å². The molecule has 0 amide bonds. The number of nitrogens with two attached hydrogens (primary N) is 3. The molecule has 3 fully saturated rings. The Hall–Kier alpha value is -3.40. The zero-order valence-corrected chi connectivity index (χ0v) is 26.9. The van der Waals surface area contributed by atoms with E-state index in [2.05, 4.69) is 35.6 Å². The van der Waals surface area contributed by atoms with Crippen LogP contribution in [0.15, 0.2) is 23.8 Å². The molecule has 0 spiro atoms. The lowest BCUT2D eigenvalue weighted by Gasteiger charge is -2.27. The number of rotatable bonds is 2. The number of ether oxygens (including phenoxy) is 2. The maximum Gasteiger partial charge on any atom is 0.328 e. The second-order valence-electron chi connectivity index (χ2n) is 10.7. The summed E-state index contributed by atoms with van der Waals surface area (Å²) in [7, 11) is -6.55. The van der Waals surface area contributed by atoms with Crippen LogP contribution in [0, 0.1) is 0 Å². The summed E-state index contributed by atoms with van der Waals surface area (Å²) in [5, 5.41) is 22.5. The van der Waals surface area contributed by atoms with Gasteiger partial charge in [0, 0.05) is 13.3 Å². The molecule has 47 heavy (non-hydrogen) atoms. The quantitative estimate of drug-likeness (QED) is 0.132. The number of nitrogen functional groups attached to an aromatic ring is 2. The Labute approximate surface area is 264 Å². The molecule has 3 aliphatic heterocycles. The maximum atomic E-state index is 13.7. The number of fused-ring (bicyclic) bond motifs is 5. The molecule has 4 aromatic rings. The molecule has 0 radical (unpaired) electrons. The summed E-state index contributed by atoms with van der Waals surface area (Å²) < 4.78 is 64.9. The highest BCUT2D eigenvalue weighted by Gasteiger charge is 2.52. The molecule has 256 valence electrons. The predicted molar refractivity (Wildman–Crippen MR) is 161 cm³/mol. The molecule has 0 saturated carbocycles. The summed E-state index contributed by atoms with van der Waals surface area (Å²) >= 11 is 0. The van der Waals surface area contributed by atoms with Gasteiger partial charge in [-0.25, -0.2) is 19.9 Å². The number of nitrogens with one attached hydrogen (secondary N) is 1. The van der Waals surface area contributed by atoms with E-state index in [-0.39, 0.29) is 34.1 Å². The predicted octanol–water partition coefficient (Wildman–Crippen LogP) is -1.32. The molecule has 3 saturated heterocycles. The topological polar surface area (TPSA) is 315 Å². The van der Waals surface area contributed by atoms with E-state index >= 15 is 0 Å². The first-order valence-corrected chi connectivity index (χ1v) is 18.0. The van der Waals surface area contributed by atoms with Crippen molar-refractivity contribution in [2.45, 2.75) is 49.1 Å². The standard InChI is InChI=1S/C22H28N10O11P2.CH5N/c1-44(36)38-3-8-12(33)15(21(40-8)32-7-28-11-18(32)29-22(24)30-19(11)35)43-45(2,37)39-4-9-14(42-44)13(34)20(41-9)31-6-27-10-16(23)25-5-26-17(10)31;1-2/h5-9,12-15,20-21,33-34H,3-4H2,1-2H3,(H2,23,25,26)(H3,24,29,30,35);2H2,1H3/t8-,9-,12?,13+,14?,15+,20-,21-,44?,45?;/m1./s1. The number of aliphatic hydroxyl groups excluding tert-OH is 2. The van der Waals surface area contributed by atoms with Crippen LogP contribution >= 0.6 is 15.2 Å². The van der Waals surface area contributed by atoms with Gasteiger partial charge in [-0.2, -0.15) is 4.98 Å². The first-order chi connectivity index (χ1) is 22.3. The third kappa shape index (κ3) is 6.18. The molecule has 9 N–H and O–H groups in total. The summed E-state index contributed by atoms with van der Waals surface area (Å²) in [6, 6.07) is 0. The Kier molecular flexibility index (Phi) is 8.96. The number of aromatic nitrogens is 8. The molecule has 10 atom stereocenters. The van der Waals surface area contributed by atoms with Gasteiger partial charge in [0.05, 0.1) is 25.9 Å². The van der Waals surface area contributed by atoms with Gasteiger partial charge in [0.1, 0.15) is 48.5 Å². The summed E-state index contributed by atoms with van der Waals surface area (Å²) in [4.78, 5) is 35.1. The fraction of sp³-hybridized carbons (Fsp3) is 0.565. The van der Waals surface area contributed by atoms with Gasteiger partial charge in [-0.15, -0.1) is 0 Å². The van der Waals surface area contributed by atoms with Gasteiger partial charge < -0.3 is 45.9 Å². The Morgan fingerprint density at radius 1 is 0.830 bits per heavy atom. The number of anilines is 2. The van der Waals surface area contributed by atoms with Gasteiger partial charge in [-0.1, -0.05) is 0 Å². The number of hydrogen-bond acceptors (Lipinski definition) is 19. The molecule has 0 aromatic carbocycles. The van der Waals surface area contributed by atoms with Crippen molar-refractivity contribution in [2.75, 3.05) is 45.1 Å². The second-order valence-corrected chi connectivity index (χ2v) is 14.8. The van der Waals surface area contributed by atoms with E-state index in [9.17, 15) is 24.1 Å². The van der Waals surface area contributed by atoms with E-state index in [1.165, 1.54) is 48.5 Å². The van der Waals surface area contributed by atoms with Crippen molar-refractivity contribution in [3.63, 3.8) is 0 Å². The number of nitrogens with zero attached hydrogens (tertiary/aromatic N) is 7. The molecule has 24 heteroatoms. The molecule has 4 aromatic heterocycles. The van der Waals surface area contributed by atoms with E-state index in [1.807, 2.05) is 0 Å². The van der Waals surface area contributed by atoms with Crippen LogP contribution in [0.25, 0.3) is 22.3 Å². The normalized spacial score (nSPS) is 36.2. The number of aliphatic hydroxyl groups is 2. The minimum Gasteiger partial charge on any atom is -0.387 e. The van der Waals surface area contributed by atoms with Crippen LogP contribution in [0.1, 0.15) is 12.5 Å². The van der Waals surface area contributed by atoms with Crippen molar-refractivity contribution in [1.82, 2.24) is 39.0 Å². The van der Waals surface area contributed by atoms with Gasteiger partial charge in [0.2, 0.25) is 5.95 Å². The van der Waals surface area contributed by atoms with Gasteiger partial charge in [0.25, 0.3) is 5.56 Å². The molecule has 7 rings (SSSR count). The molecule has 4 unspecified atom stereocenters. The minimum absolute atomic E-state index is 0.00219. The maximum absolute atomic E-state index is 13.7. The summed E-state index contributed by atoms with van der Waals surface area (Å²) in [5.74, 6) is -0.0944. The molecular formula is C23H33N11O11P2. The third-order valence-corrected chi connectivity index (χ3v) is 10.1. The molecule has 3 aliphatic rings. The van der Waals surface area contributed by atoms with Gasteiger partial charge >= 0.3 is 15.2 Å². The van der Waals surface area contributed by atoms with E-state index in [0.29, 0.717) is 0 Å². The zero-order valence-electron chi connectivity index (χ0n) is 25.1. The number of aromatic amines is 1. The fourth-order valence-corrected chi connectivity index (χ4v) is 7.84. The van der Waals surface area contributed by atoms with Crippen LogP contribution in [0.3, 0.4) is 0 Å². The lowest BCUT2D eigenvalue weighted by Crippen LogP contribution is -2.36. The van der Waals surface area contributed by atoms with Crippen LogP contribution in [0.2, 0.25) is 0 Å². The first-order valence-electron chi connectivity index (χ1n) is 14.0. The number of imidazole rings is 2. The smallest absolute Gasteiger partial charge is 0.328 e. The summed E-state index contributed by atoms with van der Waals surface area (Å²) in [6.45, 7) is 1.38. The van der Waals surface area contributed by atoms with E-state index in [1.54, 1.807) is 0 Å². The summed E-state index contributed by atoms with van der Waals surface area (Å²) in [5.41, 5.74) is 15.9. The SMILES string of the molecule is CN.CP1(=O)OC[C@H]2O[C@@H](n3cnc4c(=O)[nH]c(N)nc43)[C@@H](OP(C)(=O)OC[C@H]3O[C@@H](n4cnc5c(N)ncnc54)[C@@H](O)C3O1)C2O. The Morgan fingerprint density at radius 2 is 1.43 bits per heavy atom. The summed E-state index contributed by atoms with van der Waals surface area (Å²) in [6.07, 6.45) is -6.66. The largest absolute Gasteiger partial charge is 0.387 e. The van der Waals surface area contributed by atoms with Crippen LogP contribution in [-0.2, 0) is 36.7 Å². The van der Waals surface area contributed by atoms with Gasteiger partial charge in [-0.05, 0) is 7.05 Å². The third-order valence-electron chi connectivity index (χ3n) is 7.58. The fourth-order valence-electron chi connectivity index (χ4n) is 5.51. The van der Waals surface area contributed by atoms with Crippen LogP contribution in [0.4, 0.5) is 11.8 Å². The molecule has 7 heterocycles. The Bertz CT molecular complexity index is 1940. The molecular weight excluding hydrogens is 668 g/mol. The van der Waals surface area contributed by atoms with Crippen molar-refractivity contribution in [1.29, 1.82) is 0 Å². The van der Waals surface area contributed by atoms with Crippen molar-refractivity contribution >= 4 is 49.3 Å². The van der Waals surface area contributed by atoms with E-state index in [4.69, 9.17) is 39.0 Å². The van der Waals surface area contributed by atoms with Gasteiger partial charge in [-0.3, -0.25) is 37.1 Å². The van der Waals surface area contributed by atoms with Crippen LogP contribution < -0.4 is 22.8 Å². The monoisotopic (exact) mass is 701 g/mol. The zero-order chi connectivity index (χ0) is 33.8. The first kappa shape index (κ1) is 33.5. The highest BCUT2D eigenvalue weighted by Crippen LogP contribution is 2.54. The van der Waals surface area contributed by atoms with Crippen LogP contribution in [0.5, 0.6) is 0 Å². The second kappa shape index (κ2) is 12.6. The number of hydrogen-bond donors (Lipinski definition) is 6. The van der Waals surface area contributed by atoms with E-state index in [0.717, 1.165) is 0 Å². The average Bonchev–Trinajstić information content (AvgIpc) is 3.78. The average molecular weight is 702 g/mol. The minimum atomic E-state index is -4.05. The van der Waals surface area contributed by atoms with Crippen molar-refractivity contribution in [3.8, 4) is 0 Å². The Balaban J connectivity index is 0.00000190. The van der Waals surface area contributed by atoms with E-state index < -0.39 is 83.0 Å². The van der Waals surface area contributed by atoms with Crippen molar-refractivity contribution in [3.05, 3.63) is 29.3 Å². The number of H-pyrrole nitrogens is 1. The van der Waals surface area contributed by atoms with Gasteiger partial charge in [0.15, 0.2) is 35.1 Å². The lowest BCUT2D eigenvalue weighted by molar-refractivity contribution is -0.0592. The molecule has 0 aliphatic carbocycles. The highest BCUT2D eigenvalue weighted by atomic mass is 31.2. The molecule has 2 bridgehead atoms. The lowest BCUT2D eigenvalue weighted by atomic mass is 10.1.